The molecule has 0 radical (unpaired) electrons. The maximum absolute atomic E-state index is 2.80. The highest BCUT2D eigenvalue weighted by Gasteiger charge is 2.56. The van der Waals surface area contributed by atoms with Gasteiger partial charge in [0.25, 0.3) is 0 Å². The summed E-state index contributed by atoms with van der Waals surface area (Å²) < 4.78 is 0. The second kappa shape index (κ2) is 11.8. The second-order valence-corrected chi connectivity index (χ2v) is 19.1. The molecule has 284 valence electrons. The number of nitrogens with zero attached hydrogens (tertiary/aromatic N) is 3. The molecular weight excluding hydrogens is 712 g/mol. The van der Waals surface area contributed by atoms with E-state index < -0.39 is 0 Å². The topological polar surface area (TPSA) is 9.72 Å². The molecule has 5 aromatic carbocycles. The molecule has 0 saturated heterocycles. The van der Waals surface area contributed by atoms with E-state index >= 15 is 0 Å². The number of hydrogen-bond acceptors (Lipinski definition) is 3. The molecule has 5 aromatic rings. The van der Waals surface area contributed by atoms with Crippen LogP contribution >= 0.6 is 0 Å². The number of anilines is 8. The SMILES string of the molecule is CC1(C)c2cccc3c2N2c4c(ccc5c4N4c6c(cc(N(C7=CC=CCC7)c7ccccc7)cc6C5(C)C)B(C5C=CC=CC5)c5ccc1c2c54)B3C1C=CC=CC1. The molecule has 0 spiro atoms. The van der Waals surface area contributed by atoms with Gasteiger partial charge in [-0.25, -0.2) is 0 Å². The van der Waals surface area contributed by atoms with Crippen LogP contribution in [0.3, 0.4) is 0 Å². The minimum Gasteiger partial charge on any atom is -0.314 e. The molecule has 2 unspecified atom stereocenters. The van der Waals surface area contributed by atoms with Crippen LogP contribution < -0.4 is 36.6 Å². The van der Waals surface area contributed by atoms with Crippen molar-refractivity contribution in [2.24, 2.45) is 0 Å². The van der Waals surface area contributed by atoms with Gasteiger partial charge in [-0.2, -0.15) is 0 Å². The fraction of sp³-hybridized carbons (Fsp3) is 0.222. The molecule has 5 aliphatic heterocycles. The van der Waals surface area contributed by atoms with Gasteiger partial charge in [-0.1, -0.05) is 149 Å². The lowest BCUT2D eigenvalue weighted by Gasteiger charge is -2.58. The van der Waals surface area contributed by atoms with E-state index in [2.05, 4.69) is 194 Å². The van der Waals surface area contributed by atoms with Gasteiger partial charge in [0, 0.05) is 39.3 Å². The molecular formula is C54H47B2N3. The van der Waals surface area contributed by atoms with Crippen LogP contribution in [-0.4, -0.2) is 13.4 Å². The fourth-order valence-corrected chi connectivity index (χ4v) is 12.7. The summed E-state index contributed by atoms with van der Waals surface area (Å²) in [5.41, 5.74) is 23.4. The van der Waals surface area contributed by atoms with Crippen molar-refractivity contribution in [2.75, 3.05) is 14.7 Å². The lowest BCUT2D eigenvalue weighted by Crippen LogP contribution is -2.60. The predicted molar refractivity (Wildman–Crippen MR) is 252 cm³/mol. The molecule has 0 fully saturated rings. The predicted octanol–water partition coefficient (Wildman–Crippen LogP) is 11.2. The first-order valence-corrected chi connectivity index (χ1v) is 22.0. The monoisotopic (exact) mass is 759 g/mol. The van der Waals surface area contributed by atoms with Crippen LogP contribution in [-0.2, 0) is 10.8 Å². The molecule has 13 rings (SSSR count). The molecule has 3 nitrogen and oxygen atoms in total. The highest BCUT2D eigenvalue weighted by Crippen LogP contribution is 2.67. The Bertz CT molecular complexity index is 2890. The highest BCUT2D eigenvalue weighted by atomic mass is 15.3. The van der Waals surface area contributed by atoms with Crippen molar-refractivity contribution in [3.05, 3.63) is 180 Å². The molecule has 0 saturated carbocycles. The first-order chi connectivity index (χ1) is 28.8. The van der Waals surface area contributed by atoms with Crippen molar-refractivity contribution < 1.29 is 0 Å². The van der Waals surface area contributed by atoms with Crippen molar-refractivity contribution in [3.63, 3.8) is 0 Å². The largest absolute Gasteiger partial charge is 0.314 e. The Morgan fingerprint density at radius 1 is 0.508 bits per heavy atom. The lowest BCUT2D eigenvalue weighted by molar-refractivity contribution is 0.624. The Balaban J connectivity index is 1.16. The van der Waals surface area contributed by atoms with E-state index in [0.717, 1.165) is 25.7 Å². The average molecular weight is 760 g/mol. The van der Waals surface area contributed by atoms with Gasteiger partial charge in [0.15, 0.2) is 0 Å². The molecule has 8 aliphatic rings. The van der Waals surface area contributed by atoms with Gasteiger partial charge in [0.05, 0.1) is 22.7 Å². The normalized spacial score (nSPS) is 21.9. The summed E-state index contributed by atoms with van der Waals surface area (Å²) >= 11 is 0. The van der Waals surface area contributed by atoms with E-state index in [1.165, 1.54) is 95.3 Å². The van der Waals surface area contributed by atoms with Gasteiger partial charge in [0.2, 0.25) is 13.4 Å². The first-order valence-electron chi connectivity index (χ1n) is 22.0. The van der Waals surface area contributed by atoms with E-state index in [1.54, 1.807) is 0 Å². The molecule has 0 aromatic heterocycles. The molecule has 0 N–H and O–H groups in total. The van der Waals surface area contributed by atoms with Crippen LogP contribution in [0.2, 0.25) is 11.6 Å². The van der Waals surface area contributed by atoms with Gasteiger partial charge in [0.1, 0.15) is 0 Å². The average Bonchev–Trinajstić information content (AvgIpc) is 3.27. The molecule has 0 amide bonds. The molecule has 59 heavy (non-hydrogen) atoms. The van der Waals surface area contributed by atoms with E-state index in [1.807, 2.05) is 0 Å². The Morgan fingerprint density at radius 3 is 1.71 bits per heavy atom. The standard InChI is InChI=1S/C54H47B2N3/c1-53(2)39-26-17-27-43-47(39)58-49-40(53)28-31-45-52(49)59-48-42(54(3,4)41-29-30-44(51(58)50(41)59)55(43)34-18-9-5-10-19-34)32-38(33-46(48)56(45)35-20-11-6-12-21-35)57(36-22-13-7-14-23-36)37-24-15-8-16-25-37/h5-15,17-18,20,22-24,26-35H,16,19,21,25H2,1-4H3. The second-order valence-electron chi connectivity index (χ2n) is 19.1. The zero-order valence-corrected chi connectivity index (χ0v) is 34.4. The van der Waals surface area contributed by atoms with Crippen molar-refractivity contribution >= 4 is 80.8 Å². The van der Waals surface area contributed by atoms with Crippen LogP contribution in [0.1, 0.15) is 75.6 Å². The highest BCUT2D eigenvalue weighted by molar-refractivity contribution is 6.91. The Hall–Kier alpha value is -5.93. The smallest absolute Gasteiger partial charge is 0.222 e. The zero-order chi connectivity index (χ0) is 39.4. The molecule has 3 aliphatic carbocycles. The third-order valence-electron chi connectivity index (χ3n) is 15.4. The summed E-state index contributed by atoms with van der Waals surface area (Å²) in [6.45, 7) is 10.4. The van der Waals surface area contributed by atoms with Gasteiger partial charge < -0.3 is 14.7 Å². The van der Waals surface area contributed by atoms with Crippen LogP contribution in [0.5, 0.6) is 0 Å². The first kappa shape index (κ1) is 34.0. The number of allylic oxidation sites excluding steroid dienone is 12. The molecule has 5 heterocycles. The third kappa shape index (κ3) is 4.31. The summed E-state index contributed by atoms with van der Waals surface area (Å²) in [5, 5.41) is 0. The number of rotatable bonds is 5. The molecule has 5 heteroatoms. The summed E-state index contributed by atoms with van der Waals surface area (Å²) in [4.78, 5) is 8.14. The Labute approximate surface area is 349 Å². The summed E-state index contributed by atoms with van der Waals surface area (Å²) in [6.07, 6.45) is 29.8. The fourth-order valence-electron chi connectivity index (χ4n) is 12.7. The lowest BCUT2D eigenvalue weighted by atomic mass is 9.29. The Kier molecular flexibility index (Phi) is 6.82. The zero-order valence-electron chi connectivity index (χ0n) is 34.4. The van der Waals surface area contributed by atoms with Gasteiger partial charge in [-0.05, 0) is 112 Å². The minimum atomic E-state index is -0.262. The third-order valence-corrected chi connectivity index (χ3v) is 15.4. The van der Waals surface area contributed by atoms with Crippen molar-refractivity contribution in [1.82, 2.24) is 0 Å². The number of para-hydroxylation sites is 2. The van der Waals surface area contributed by atoms with E-state index in [9.17, 15) is 0 Å². The van der Waals surface area contributed by atoms with Crippen LogP contribution in [0.15, 0.2) is 157 Å². The molecule has 0 bridgehead atoms. The van der Waals surface area contributed by atoms with Crippen molar-refractivity contribution in [1.29, 1.82) is 0 Å². The molecule has 2 atom stereocenters. The van der Waals surface area contributed by atoms with Gasteiger partial charge in [-0.3, -0.25) is 0 Å². The maximum atomic E-state index is 2.80. The minimum absolute atomic E-state index is 0.172. The van der Waals surface area contributed by atoms with E-state index in [-0.39, 0.29) is 24.3 Å². The number of benzene rings is 5. The van der Waals surface area contributed by atoms with Crippen molar-refractivity contribution in [3.8, 4) is 0 Å². The summed E-state index contributed by atoms with van der Waals surface area (Å²) in [6, 6.07) is 33.6. The maximum Gasteiger partial charge on any atom is 0.222 e. The van der Waals surface area contributed by atoms with Crippen molar-refractivity contribution in [2.45, 2.75) is 75.8 Å². The van der Waals surface area contributed by atoms with E-state index in [4.69, 9.17) is 0 Å². The summed E-state index contributed by atoms with van der Waals surface area (Å²) in [7, 11) is 0. The van der Waals surface area contributed by atoms with Gasteiger partial charge in [-0.15, -0.1) is 0 Å². The quantitative estimate of drug-likeness (QED) is 0.162. The Morgan fingerprint density at radius 2 is 1.10 bits per heavy atom. The summed E-state index contributed by atoms with van der Waals surface area (Å²) in [5.74, 6) is 0.735. The van der Waals surface area contributed by atoms with E-state index in [0.29, 0.717) is 11.6 Å². The van der Waals surface area contributed by atoms with Gasteiger partial charge >= 0.3 is 0 Å². The van der Waals surface area contributed by atoms with Crippen LogP contribution in [0.25, 0.3) is 0 Å². The number of hydrogen-bond donors (Lipinski definition) is 0. The van der Waals surface area contributed by atoms with Crippen LogP contribution in [0.4, 0.5) is 45.5 Å². The van der Waals surface area contributed by atoms with Crippen LogP contribution in [0, 0.1) is 0 Å².